The van der Waals surface area contributed by atoms with Crippen LogP contribution >= 0.6 is 0 Å². The smallest absolute Gasteiger partial charge is 0.290 e. The Kier molecular flexibility index (Phi) is 4.28. The van der Waals surface area contributed by atoms with Crippen molar-refractivity contribution in [3.05, 3.63) is 53.7 Å². The first-order chi connectivity index (χ1) is 14.0. The standard InChI is InChI=1S/C22H23N3O4/c1-14-10-23-11-19(24-14)28-16-7-8-27-22(9-16)12-25(13-22)21(26)20-15(2)17-5-3-4-6-18(17)29-20/h3-6,10-11,16H,7-9,12-13H2,1-2H3/t16-/m1/s1. The summed E-state index contributed by atoms with van der Waals surface area (Å²) in [7, 11) is 0. The molecule has 0 bridgehead atoms. The number of carbonyl (C=O) groups is 1. The van der Waals surface area contributed by atoms with Crippen LogP contribution in [0, 0.1) is 13.8 Å². The molecule has 0 aliphatic carbocycles. The maximum atomic E-state index is 13.0. The molecule has 4 heterocycles. The zero-order chi connectivity index (χ0) is 20.0. The van der Waals surface area contributed by atoms with Gasteiger partial charge in [-0.05, 0) is 19.9 Å². The summed E-state index contributed by atoms with van der Waals surface area (Å²) in [4.78, 5) is 23.3. The fourth-order valence-corrected chi connectivity index (χ4v) is 4.29. The molecule has 0 N–H and O–H groups in total. The van der Waals surface area contributed by atoms with Gasteiger partial charge in [0, 0.05) is 30.0 Å². The van der Waals surface area contributed by atoms with E-state index < -0.39 is 0 Å². The highest BCUT2D eigenvalue weighted by molar-refractivity contribution is 5.99. The first kappa shape index (κ1) is 18.1. The van der Waals surface area contributed by atoms with E-state index in [-0.39, 0.29) is 17.6 Å². The summed E-state index contributed by atoms with van der Waals surface area (Å²) >= 11 is 0. The number of likely N-dealkylation sites (tertiary alicyclic amines) is 1. The molecule has 7 heteroatoms. The summed E-state index contributed by atoms with van der Waals surface area (Å²) in [6.07, 6.45) is 4.87. The number of fused-ring (bicyclic) bond motifs is 1. The van der Waals surface area contributed by atoms with Crippen molar-refractivity contribution in [1.82, 2.24) is 14.9 Å². The van der Waals surface area contributed by atoms with Gasteiger partial charge in [0.15, 0.2) is 5.76 Å². The lowest BCUT2D eigenvalue weighted by Crippen LogP contribution is -2.67. The van der Waals surface area contributed by atoms with Crippen LogP contribution in [0.2, 0.25) is 0 Å². The Bertz CT molecular complexity index is 1070. The van der Waals surface area contributed by atoms with Gasteiger partial charge in [0.1, 0.15) is 17.3 Å². The van der Waals surface area contributed by atoms with E-state index in [0.717, 1.165) is 35.1 Å². The molecule has 3 aromatic rings. The molecule has 1 atom stereocenters. The van der Waals surface area contributed by atoms with E-state index in [9.17, 15) is 4.79 Å². The summed E-state index contributed by atoms with van der Waals surface area (Å²) in [6, 6.07) is 7.72. The van der Waals surface area contributed by atoms with Gasteiger partial charge in [-0.2, -0.15) is 0 Å². The molecule has 1 aromatic carbocycles. The largest absolute Gasteiger partial charge is 0.473 e. The molecule has 0 unspecified atom stereocenters. The normalized spacial score (nSPS) is 20.6. The number of rotatable bonds is 3. The monoisotopic (exact) mass is 393 g/mol. The Morgan fingerprint density at radius 1 is 1.24 bits per heavy atom. The minimum Gasteiger partial charge on any atom is -0.473 e. The van der Waals surface area contributed by atoms with Crippen molar-refractivity contribution >= 4 is 16.9 Å². The van der Waals surface area contributed by atoms with Gasteiger partial charge in [0.05, 0.1) is 31.6 Å². The summed E-state index contributed by atoms with van der Waals surface area (Å²) in [5.74, 6) is 0.873. The van der Waals surface area contributed by atoms with Gasteiger partial charge in [0.2, 0.25) is 5.88 Å². The highest BCUT2D eigenvalue weighted by atomic mass is 16.5. The Labute approximate surface area is 168 Å². The number of ether oxygens (including phenoxy) is 2. The molecule has 29 heavy (non-hydrogen) atoms. The molecule has 0 radical (unpaired) electrons. The number of carbonyl (C=O) groups excluding carboxylic acids is 1. The van der Waals surface area contributed by atoms with E-state index in [0.29, 0.717) is 31.3 Å². The van der Waals surface area contributed by atoms with Crippen LogP contribution in [0.4, 0.5) is 0 Å². The van der Waals surface area contributed by atoms with Crippen molar-refractivity contribution in [3.63, 3.8) is 0 Å². The Morgan fingerprint density at radius 2 is 2.07 bits per heavy atom. The Hall–Kier alpha value is -2.93. The molecule has 7 nitrogen and oxygen atoms in total. The van der Waals surface area contributed by atoms with E-state index in [4.69, 9.17) is 13.9 Å². The van der Waals surface area contributed by atoms with Gasteiger partial charge in [-0.15, -0.1) is 0 Å². The van der Waals surface area contributed by atoms with Crippen molar-refractivity contribution in [1.29, 1.82) is 0 Å². The highest BCUT2D eigenvalue weighted by Gasteiger charge is 2.50. The number of hydrogen-bond donors (Lipinski definition) is 0. The van der Waals surface area contributed by atoms with Crippen LogP contribution in [0.3, 0.4) is 0 Å². The molecular formula is C22H23N3O4. The van der Waals surface area contributed by atoms with E-state index in [1.165, 1.54) is 0 Å². The number of nitrogens with zero attached hydrogens (tertiary/aromatic N) is 3. The van der Waals surface area contributed by atoms with Crippen molar-refractivity contribution in [2.24, 2.45) is 0 Å². The van der Waals surface area contributed by atoms with Gasteiger partial charge < -0.3 is 18.8 Å². The SMILES string of the molecule is Cc1cncc(O[C@@H]2CCOC3(C2)CN(C(=O)c2oc4ccccc4c2C)C3)n1. The fraction of sp³-hybridized carbons (Fsp3) is 0.409. The molecule has 2 saturated heterocycles. The maximum absolute atomic E-state index is 13.0. The van der Waals surface area contributed by atoms with Crippen molar-refractivity contribution < 1.29 is 18.7 Å². The average molecular weight is 393 g/mol. The first-order valence-electron chi connectivity index (χ1n) is 9.90. The van der Waals surface area contributed by atoms with Crippen LogP contribution in [0.1, 0.15) is 34.7 Å². The van der Waals surface area contributed by atoms with E-state index in [2.05, 4.69) is 9.97 Å². The average Bonchev–Trinajstić information content (AvgIpc) is 3.03. The molecule has 2 aromatic heterocycles. The zero-order valence-corrected chi connectivity index (χ0v) is 16.6. The number of furan rings is 1. The second-order valence-corrected chi connectivity index (χ2v) is 7.98. The van der Waals surface area contributed by atoms with Crippen LogP contribution in [0.15, 0.2) is 41.1 Å². The summed E-state index contributed by atoms with van der Waals surface area (Å²) in [5.41, 5.74) is 2.10. The second kappa shape index (κ2) is 6.84. The van der Waals surface area contributed by atoms with Crippen LogP contribution in [0.25, 0.3) is 11.0 Å². The highest BCUT2D eigenvalue weighted by Crippen LogP contribution is 2.37. The number of para-hydroxylation sites is 1. The molecule has 1 spiro atoms. The summed E-state index contributed by atoms with van der Waals surface area (Å²) in [6.45, 7) is 5.51. The van der Waals surface area contributed by atoms with Gasteiger partial charge in [-0.3, -0.25) is 9.78 Å². The Balaban J connectivity index is 1.26. The molecule has 2 fully saturated rings. The first-order valence-corrected chi connectivity index (χ1v) is 9.90. The molecule has 2 aliphatic heterocycles. The number of hydrogen-bond acceptors (Lipinski definition) is 6. The third kappa shape index (κ3) is 3.25. The predicted octanol–water partition coefficient (Wildman–Crippen LogP) is 3.29. The lowest BCUT2D eigenvalue weighted by atomic mass is 9.84. The minimum absolute atomic E-state index is 0.00467. The number of benzene rings is 1. The molecule has 5 rings (SSSR count). The van der Waals surface area contributed by atoms with Crippen molar-refractivity contribution in [2.75, 3.05) is 19.7 Å². The quantitative estimate of drug-likeness (QED) is 0.680. The number of amides is 1. The zero-order valence-electron chi connectivity index (χ0n) is 16.6. The third-order valence-corrected chi connectivity index (χ3v) is 5.75. The molecule has 2 aliphatic rings. The second-order valence-electron chi connectivity index (χ2n) is 7.98. The van der Waals surface area contributed by atoms with Gasteiger partial charge in [0.25, 0.3) is 5.91 Å². The predicted molar refractivity (Wildman–Crippen MR) is 106 cm³/mol. The molecule has 150 valence electrons. The molecule has 0 saturated carbocycles. The molecule has 1 amide bonds. The summed E-state index contributed by atoms with van der Waals surface area (Å²) in [5, 5.41) is 0.979. The third-order valence-electron chi connectivity index (χ3n) is 5.75. The molecular weight excluding hydrogens is 370 g/mol. The van der Waals surface area contributed by atoms with Gasteiger partial charge >= 0.3 is 0 Å². The van der Waals surface area contributed by atoms with Crippen LogP contribution in [-0.2, 0) is 4.74 Å². The van der Waals surface area contributed by atoms with Gasteiger partial charge in [-0.25, -0.2) is 4.98 Å². The lowest BCUT2D eigenvalue weighted by Gasteiger charge is -2.52. The van der Waals surface area contributed by atoms with Crippen LogP contribution in [-0.4, -0.2) is 52.2 Å². The lowest BCUT2D eigenvalue weighted by molar-refractivity contribution is -0.174. The van der Waals surface area contributed by atoms with Gasteiger partial charge in [-0.1, -0.05) is 18.2 Å². The van der Waals surface area contributed by atoms with Crippen molar-refractivity contribution in [3.8, 4) is 5.88 Å². The summed E-state index contributed by atoms with van der Waals surface area (Å²) < 4.78 is 17.9. The topological polar surface area (TPSA) is 77.7 Å². The Morgan fingerprint density at radius 3 is 2.86 bits per heavy atom. The maximum Gasteiger partial charge on any atom is 0.290 e. The minimum atomic E-state index is -0.351. The van der Waals surface area contributed by atoms with Crippen LogP contribution in [0.5, 0.6) is 5.88 Å². The van der Waals surface area contributed by atoms with E-state index in [1.807, 2.05) is 38.1 Å². The number of aromatic nitrogens is 2. The van der Waals surface area contributed by atoms with Crippen molar-refractivity contribution in [2.45, 2.75) is 38.4 Å². The van der Waals surface area contributed by atoms with E-state index in [1.54, 1.807) is 17.3 Å². The van der Waals surface area contributed by atoms with E-state index >= 15 is 0 Å². The fourth-order valence-electron chi connectivity index (χ4n) is 4.29. The van der Waals surface area contributed by atoms with Crippen LogP contribution < -0.4 is 4.74 Å². The number of aryl methyl sites for hydroxylation is 2.